The monoisotopic (exact) mass is 646 g/mol. The Morgan fingerprint density at radius 2 is 1.46 bits per heavy atom. The SMILES string of the molecule is O=C([C@H](Cc1ccccc1)N(Cc1ccc(-c2cncnc2)cc1)C(=O)/C=C/c1ccc(C(F)(F)F)cc1)N1CCc2ccccc2C1. The summed E-state index contributed by atoms with van der Waals surface area (Å²) in [6.45, 7) is 1.10. The quantitative estimate of drug-likeness (QED) is 0.157. The average molecular weight is 647 g/mol. The fourth-order valence-corrected chi connectivity index (χ4v) is 5.90. The molecule has 5 aromatic rings. The minimum Gasteiger partial charge on any atom is -0.336 e. The number of amides is 2. The van der Waals surface area contributed by atoms with Crippen LogP contribution in [-0.4, -0.2) is 44.2 Å². The molecule has 6 rings (SSSR count). The van der Waals surface area contributed by atoms with Crippen LogP contribution in [-0.2, 0) is 41.7 Å². The van der Waals surface area contributed by atoms with Gasteiger partial charge in [-0.25, -0.2) is 9.97 Å². The molecule has 2 amide bonds. The summed E-state index contributed by atoms with van der Waals surface area (Å²) < 4.78 is 39.4. The third kappa shape index (κ3) is 7.86. The van der Waals surface area contributed by atoms with Crippen molar-refractivity contribution >= 4 is 17.9 Å². The van der Waals surface area contributed by atoms with Crippen LogP contribution in [0.5, 0.6) is 0 Å². The Labute approximate surface area is 277 Å². The first-order valence-corrected chi connectivity index (χ1v) is 15.6. The first kappa shape index (κ1) is 32.4. The molecule has 0 saturated heterocycles. The van der Waals surface area contributed by atoms with Gasteiger partial charge in [-0.15, -0.1) is 0 Å². The zero-order chi connectivity index (χ0) is 33.5. The Kier molecular flexibility index (Phi) is 9.75. The fourth-order valence-electron chi connectivity index (χ4n) is 5.90. The number of alkyl halides is 3. The van der Waals surface area contributed by atoms with Crippen molar-refractivity contribution in [1.82, 2.24) is 19.8 Å². The second kappa shape index (κ2) is 14.5. The van der Waals surface area contributed by atoms with E-state index in [1.165, 1.54) is 36.2 Å². The predicted octanol–water partition coefficient (Wildman–Crippen LogP) is 7.40. The van der Waals surface area contributed by atoms with Crippen LogP contribution in [0.4, 0.5) is 13.2 Å². The summed E-state index contributed by atoms with van der Waals surface area (Å²) >= 11 is 0. The van der Waals surface area contributed by atoms with Gasteiger partial charge in [0, 0.05) is 50.1 Å². The van der Waals surface area contributed by atoms with E-state index in [9.17, 15) is 22.8 Å². The zero-order valence-electron chi connectivity index (χ0n) is 26.1. The van der Waals surface area contributed by atoms with Crippen LogP contribution in [0.25, 0.3) is 17.2 Å². The number of carbonyl (C=O) groups excluding carboxylic acids is 2. The molecule has 0 N–H and O–H groups in total. The molecule has 2 heterocycles. The van der Waals surface area contributed by atoms with E-state index in [1.807, 2.05) is 77.7 Å². The summed E-state index contributed by atoms with van der Waals surface area (Å²) in [4.78, 5) is 40.2. The highest BCUT2D eigenvalue weighted by molar-refractivity contribution is 5.96. The van der Waals surface area contributed by atoms with Crippen LogP contribution >= 0.6 is 0 Å². The average Bonchev–Trinajstić information content (AvgIpc) is 3.12. The number of aromatic nitrogens is 2. The molecule has 6 nitrogen and oxygen atoms in total. The van der Waals surface area contributed by atoms with Crippen molar-refractivity contribution in [3.63, 3.8) is 0 Å². The summed E-state index contributed by atoms with van der Waals surface area (Å²) in [5, 5.41) is 0. The van der Waals surface area contributed by atoms with Gasteiger partial charge in [0.25, 0.3) is 0 Å². The van der Waals surface area contributed by atoms with Crippen LogP contribution in [0.1, 0.15) is 33.4 Å². The molecule has 9 heteroatoms. The lowest BCUT2D eigenvalue weighted by Crippen LogP contribution is -2.52. The zero-order valence-corrected chi connectivity index (χ0v) is 26.1. The van der Waals surface area contributed by atoms with E-state index in [4.69, 9.17) is 0 Å². The highest BCUT2D eigenvalue weighted by Gasteiger charge is 2.34. The van der Waals surface area contributed by atoms with Gasteiger partial charge in [-0.05, 0) is 58.0 Å². The lowest BCUT2D eigenvalue weighted by atomic mass is 9.97. The van der Waals surface area contributed by atoms with E-state index < -0.39 is 23.7 Å². The topological polar surface area (TPSA) is 66.4 Å². The minimum atomic E-state index is -4.46. The maximum Gasteiger partial charge on any atom is 0.416 e. The first-order valence-electron chi connectivity index (χ1n) is 15.6. The Hall–Kier alpha value is -5.57. The van der Waals surface area contributed by atoms with Gasteiger partial charge in [0.1, 0.15) is 12.4 Å². The van der Waals surface area contributed by atoms with Crippen molar-refractivity contribution in [3.05, 3.63) is 161 Å². The molecule has 1 aliphatic heterocycles. The van der Waals surface area contributed by atoms with Crippen LogP contribution in [0.15, 0.2) is 128 Å². The number of nitrogens with zero attached hydrogens (tertiary/aromatic N) is 4. The summed E-state index contributed by atoms with van der Waals surface area (Å²) in [5.74, 6) is -0.593. The van der Waals surface area contributed by atoms with Gasteiger partial charge in [-0.1, -0.05) is 91.0 Å². The summed E-state index contributed by atoms with van der Waals surface area (Å²) in [6.07, 6.45) is 4.25. The molecule has 48 heavy (non-hydrogen) atoms. The van der Waals surface area contributed by atoms with Crippen molar-refractivity contribution in [1.29, 1.82) is 0 Å². The number of rotatable bonds is 9. The second-order valence-corrected chi connectivity index (χ2v) is 11.7. The number of hydrogen-bond acceptors (Lipinski definition) is 4. The van der Waals surface area contributed by atoms with Crippen LogP contribution in [0.2, 0.25) is 0 Å². The molecule has 0 saturated carbocycles. The van der Waals surface area contributed by atoms with Gasteiger partial charge in [0.05, 0.1) is 5.56 Å². The molecule has 0 spiro atoms. The number of carbonyl (C=O) groups is 2. The number of fused-ring (bicyclic) bond motifs is 1. The van der Waals surface area contributed by atoms with Gasteiger partial charge in [0.15, 0.2) is 0 Å². The Morgan fingerprint density at radius 1 is 0.792 bits per heavy atom. The van der Waals surface area contributed by atoms with Crippen LogP contribution in [0.3, 0.4) is 0 Å². The predicted molar refractivity (Wildman–Crippen MR) is 178 cm³/mol. The lowest BCUT2D eigenvalue weighted by Gasteiger charge is -2.37. The number of halogens is 3. The van der Waals surface area contributed by atoms with Crippen LogP contribution < -0.4 is 0 Å². The molecule has 1 atom stereocenters. The Balaban J connectivity index is 1.34. The number of hydrogen-bond donors (Lipinski definition) is 0. The van der Waals surface area contributed by atoms with E-state index >= 15 is 0 Å². The number of benzene rings is 4. The molecule has 0 aliphatic carbocycles. The third-order valence-electron chi connectivity index (χ3n) is 8.52. The molecule has 0 unspecified atom stereocenters. The largest absolute Gasteiger partial charge is 0.416 e. The Morgan fingerprint density at radius 3 is 2.15 bits per heavy atom. The molecule has 1 aliphatic rings. The molecular weight excluding hydrogens is 613 g/mol. The van der Waals surface area contributed by atoms with Gasteiger partial charge in [0.2, 0.25) is 11.8 Å². The summed E-state index contributed by atoms with van der Waals surface area (Å²) in [7, 11) is 0. The maximum absolute atomic E-state index is 14.5. The molecule has 4 aromatic carbocycles. The fraction of sp³-hybridized carbons (Fsp3) is 0.179. The molecule has 1 aromatic heterocycles. The van der Waals surface area contributed by atoms with Crippen molar-refractivity contribution < 1.29 is 22.8 Å². The van der Waals surface area contributed by atoms with E-state index in [-0.39, 0.29) is 18.9 Å². The minimum absolute atomic E-state index is 0.134. The summed E-state index contributed by atoms with van der Waals surface area (Å²) in [6, 6.07) is 29.0. The van der Waals surface area contributed by atoms with Gasteiger partial charge >= 0.3 is 6.18 Å². The van der Waals surface area contributed by atoms with E-state index in [2.05, 4.69) is 16.0 Å². The molecule has 0 fully saturated rings. The molecular formula is C39H33F3N4O2. The standard InChI is InChI=1S/C39H33F3N4O2/c40-39(41,42)35-17-12-28(13-18-35)14-19-37(47)46(25-30-10-15-32(16-11-30)34-23-43-27-44-24-34)36(22-29-6-2-1-3-7-29)38(48)45-21-20-31-8-4-5-9-33(31)26-45/h1-19,23-24,27,36H,20-22,25-26H2/b19-14+/t36-/m0/s1. The van der Waals surface area contributed by atoms with Gasteiger partial charge < -0.3 is 9.80 Å². The van der Waals surface area contributed by atoms with E-state index in [1.54, 1.807) is 17.3 Å². The van der Waals surface area contributed by atoms with Gasteiger partial charge in [-0.3, -0.25) is 9.59 Å². The first-order chi connectivity index (χ1) is 23.2. The van der Waals surface area contributed by atoms with Crippen LogP contribution in [0, 0.1) is 0 Å². The highest BCUT2D eigenvalue weighted by atomic mass is 19.4. The van der Waals surface area contributed by atoms with Crippen molar-refractivity contribution in [3.8, 4) is 11.1 Å². The highest BCUT2D eigenvalue weighted by Crippen LogP contribution is 2.29. The van der Waals surface area contributed by atoms with E-state index in [0.29, 0.717) is 25.1 Å². The lowest BCUT2D eigenvalue weighted by molar-refractivity contribution is -0.144. The van der Waals surface area contributed by atoms with Crippen molar-refractivity contribution in [2.75, 3.05) is 6.54 Å². The van der Waals surface area contributed by atoms with Crippen molar-refractivity contribution in [2.24, 2.45) is 0 Å². The van der Waals surface area contributed by atoms with E-state index in [0.717, 1.165) is 39.9 Å². The van der Waals surface area contributed by atoms with Crippen molar-refractivity contribution in [2.45, 2.75) is 38.1 Å². The molecule has 0 bridgehead atoms. The molecule has 242 valence electrons. The third-order valence-corrected chi connectivity index (χ3v) is 8.52. The van der Waals surface area contributed by atoms with Gasteiger partial charge in [-0.2, -0.15) is 13.2 Å². The smallest absolute Gasteiger partial charge is 0.336 e. The second-order valence-electron chi connectivity index (χ2n) is 11.7. The summed E-state index contributed by atoms with van der Waals surface area (Å²) in [5.41, 5.74) is 5.41. The maximum atomic E-state index is 14.5. The molecule has 0 radical (unpaired) electrons. The Bertz CT molecular complexity index is 1880. The normalized spacial score (nSPS) is 13.6.